The second kappa shape index (κ2) is 34.7. The Kier molecular flexibility index (Phi) is 22.9. The maximum Gasteiger partial charge on any atom is 0.228 e. The van der Waals surface area contributed by atoms with Gasteiger partial charge in [-0.15, -0.1) is 0 Å². The standard InChI is InChI=1S/C31H39N3O.2C28H35N3O.C25H29N3O/c35-28(15-20-6-2-1-3-7-20)34-30-27(19-31-16-21-12-22(17-31)14-23(13-21)18-31)32-29-25-9-5-4-8-24(25)10-11-26(29)33-30;1-17(2)9-25(32)31-27-24(16-28-13-18-10-19(14-28)12-20(11-18)15-28)29-26-22-6-4-3-5-21(22)7-8-23(26)30-27;1-3-17(2)27(32)31-26-24(16-28-13-18-10-19(14-28)12-20(11-18)15-28)29-25-22-7-5-4-6-21(22)8-9-23(25)30-26;1-15(29)26-24-22(14-25-11-16-8-17(12-25)10-18(9-16)13-25)27-23-20-5-3-2-4-19(20)6-7-21(23)28-24/h4-5,8-9,20-23H,1-3,6-7,10-19H2,(H,33,34,35);3-6,17-20H,7-16H2,1-2H3,(H,30,31,32);4-7,17-20H,3,8-16H2,1-2H3,(H,30,31,32);2-5,16-18H,6-14H2,1H3,(H,26,28,29). The van der Waals surface area contributed by atoms with Crippen LogP contribution < -0.4 is 21.3 Å². The normalized spacial score (nSPS) is 30.6. The van der Waals surface area contributed by atoms with E-state index in [1.165, 1.54) is 231 Å². The smallest absolute Gasteiger partial charge is 0.228 e. The van der Waals surface area contributed by atoms with Crippen LogP contribution in [0.15, 0.2) is 97.1 Å². The van der Waals surface area contributed by atoms with Gasteiger partial charge in [0, 0.05) is 47.9 Å². The van der Waals surface area contributed by atoms with Crippen LogP contribution in [0.2, 0.25) is 0 Å². The summed E-state index contributed by atoms with van der Waals surface area (Å²) in [4.78, 5) is 92.1. The highest BCUT2D eigenvalue weighted by molar-refractivity contribution is 5.93. The summed E-state index contributed by atoms with van der Waals surface area (Å²) in [6.45, 7) is 9.81. The molecule has 17 saturated carbocycles. The van der Waals surface area contributed by atoms with Crippen LogP contribution in [-0.2, 0) is 96.2 Å². The van der Waals surface area contributed by atoms with Gasteiger partial charge in [0.15, 0.2) is 23.3 Å². The third kappa shape index (κ3) is 17.4. The Labute approximate surface area is 760 Å². The summed E-state index contributed by atoms with van der Waals surface area (Å²) >= 11 is 0. The lowest BCUT2D eigenvalue weighted by atomic mass is 9.48. The highest BCUT2D eigenvalue weighted by Gasteiger charge is 2.56. The minimum atomic E-state index is -0.0535. The molecule has 670 valence electrons. The Morgan fingerprint density at radius 3 is 0.875 bits per heavy atom. The van der Waals surface area contributed by atoms with Crippen LogP contribution in [0.5, 0.6) is 0 Å². The molecule has 17 fully saturated rings. The van der Waals surface area contributed by atoms with Crippen LogP contribution in [0, 0.1) is 110 Å². The fraction of sp³-hybridized carbons (Fsp3) is 0.607. The molecule has 0 saturated heterocycles. The van der Waals surface area contributed by atoms with Gasteiger partial charge in [0.25, 0.3) is 0 Å². The number of rotatable bonds is 18. The Bertz CT molecular complexity index is 5460. The van der Waals surface area contributed by atoms with Crippen molar-refractivity contribution in [2.75, 3.05) is 21.3 Å². The molecular weight excluding hydrogens is 1580 g/mol. The number of carbonyl (C=O) groups is 4. The average molecular weight is 1720 g/mol. The summed E-state index contributed by atoms with van der Waals surface area (Å²) in [6.07, 6.45) is 53.2. The third-order valence-corrected chi connectivity index (χ3v) is 35.5. The molecule has 16 heteroatoms. The summed E-state index contributed by atoms with van der Waals surface area (Å²) in [6, 6.07) is 34.5. The molecule has 0 spiro atoms. The molecule has 4 N–H and O–H groups in total. The Morgan fingerprint density at radius 1 is 0.336 bits per heavy atom. The molecule has 0 radical (unpaired) electrons. The second-order valence-electron chi connectivity index (χ2n) is 46.1. The third-order valence-electron chi connectivity index (χ3n) is 35.5. The van der Waals surface area contributed by atoms with E-state index in [2.05, 4.69) is 139 Å². The van der Waals surface area contributed by atoms with Gasteiger partial charge >= 0.3 is 0 Å². The maximum absolute atomic E-state index is 13.2. The Morgan fingerprint density at radius 2 is 0.602 bits per heavy atom. The van der Waals surface area contributed by atoms with Crippen LogP contribution in [0.25, 0.3) is 45.0 Å². The van der Waals surface area contributed by atoms with Gasteiger partial charge in [-0.3, -0.25) is 19.2 Å². The lowest BCUT2D eigenvalue weighted by Crippen LogP contribution is -2.47. The minimum Gasteiger partial charge on any atom is -0.309 e. The van der Waals surface area contributed by atoms with Gasteiger partial charge in [-0.1, -0.05) is 144 Å². The first-order chi connectivity index (χ1) is 62.2. The highest BCUT2D eigenvalue weighted by Crippen LogP contribution is 2.66. The zero-order valence-corrected chi connectivity index (χ0v) is 77.2. The van der Waals surface area contributed by atoms with Crippen molar-refractivity contribution < 1.29 is 19.2 Å². The molecule has 8 aromatic rings. The van der Waals surface area contributed by atoms with Gasteiger partial charge in [-0.2, -0.15) is 0 Å². The zero-order chi connectivity index (χ0) is 86.7. The van der Waals surface area contributed by atoms with E-state index in [4.69, 9.17) is 39.9 Å². The SMILES string of the molecule is CC(=O)Nc1nc2c(nc1CC13CC4CC(CC(C4)C1)C3)-c1ccccc1CC2.CC(C)CC(=O)Nc1nc2c(nc1CC13CC4CC(CC(C4)C1)C3)-c1ccccc1CC2.CCC(C)C(=O)Nc1nc2c(nc1CC13CC4CC(CC(C4)C1)C3)-c1ccccc1CC2.O=C(CC1CCCCC1)Nc1nc2c(nc1CC13CC4CC(CC(C4)C1)C3)-c1ccccc1CC2. The molecule has 4 aromatic carbocycles. The van der Waals surface area contributed by atoms with E-state index in [1.807, 2.05) is 6.92 Å². The highest BCUT2D eigenvalue weighted by atomic mass is 16.2. The summed E-state index contributed by atoms with van der Waals surface area (Å²) in [5.41, 5.74) is 24.4. The van der Waals surface area contributed by atoms with E-state index in [1.54, 1.807) is 6.92 Å². The van der Waals surface area contributed by atoms with Crippen molar-refractivity contribution in [1.29, 1.82) is 0 Å². The molecule has 29 rings (SSSR count). The van der Waals surface area contributed by atoms with Gasteiger partial charge in [0.05, 0.1) is 68.3 Å². The van der Waals surface area contributed by atoms with Crippen LogP contribution in [-0.4, -0.2) is 63.5 Å². The number of aryl methyl sites for hydroxylation is 8. The van der Waals surface area contributed by atoms with Crippen LogP contribution in [0.3, 0.4) is 0 Å². The lowest BCUT2D eigenvalue weighted by Gasteiger charge is -2.57. The number of hydrogen-bond acceptors (Lipinski definition) is 12. The summed E-state index contributed by atoms with van der Waals surface area (Å²) < 4.78 is 0. The summed E-state index contributed by atoms with van der Waals surface area (Å²) in [7, 11) is 0. The number of nitrogens with zero attached hydrogens (tertiary/aromatic N) is 8. The molecule has 4 aromatic heterocycles. The summed E-state index contributed by atoms with van der Waals surface area (Å²) in [5.74, 6) is 15.0. The predicted molar refractivity (Wildman–Crippen MR) is 507 cm³/mol. The van der Waals surface area contributed by atoms with E-state index in [9.17, 15) is 19.2 Å². The van der Waals surface area contributed by atoms with Crippen molar-refractivity contribution in [2.45, 2.75) is 317 Å². The molecule has 16 nitrogen and oxygen atoms in total. The van der Waals surface area contributed by atoms with Crippen molar-refractivity contribution in [3.05, 3.63) is 165 Å². The fourth-order valence-corrected chi connectivity index (χ4v) is 31.8. The number of fused-ring (bicyclic) bond motifs is 12. The summed E-state index contributed by atoms with van der Waals surface area (Å²) in [5, 5.41) is 12.7. The van der Waals surface area contributed by atoms with E-state index in [0.29, 0.717) is 52.2 Å². The van der Waals surface area contributed by atoms with Gasteiger partial charge in [0.2, 0.25) is 23.6 Å². The van der Waals surface area contributed by atoms with Crippen molar-refractivity contribution in [3.8, 4) is 45.0 Å². The molecule has 16 bridgehead atoms. The van der Waals surface area contributed by atoms with Crippen LogP contribution in [0.4, 0.5) is 23.3 Å². The molecule has 4 heterocycles. The van der Waals surface area contributed by atoms with Gasteiger partial charge in [-0.05, 0) is 377 Å². The van der Waals surface area contributed by atoms with E-state index in [0.717, 1.165) is 240 Å². The number of hydrogen-bond donors (Lipinski definition) is 4. The van der Waals surface area contributed by atoms with Gasteiger partial charge < -0.3 is 21.3 Å². The average Bonchev–Trinajstić information content (AvgIpc) is 0.747. The van der Waals surface area contributed by atoms with E-state index < -0.39 is 0 Å². The Hall–Kier alpha value is -8.92. The first kappa shape index (κ1) is 84.6. The molecular formula is C112H138N12O4. The van der Waals surface area contributed by atoms with Crippen LogP contribution >= 0.6 is 0 Å². The molecule has 1 atom stereocenters. The lowest BCUT2D eigenvalue weighted by molar-refractivity contribution is -0.119. The number of benzene rings is 4. The quantitative estimate of drug-likeness (QED) is 0.0630. The monoisotopic (exact) mass is 1720 g/mol. The molecule has 128 heavy (non-hydrogen) atoms. The first-order valence-electron chi connectivity index (χ1n) is 51.3. The first-order valence-corrected chi connectivity index (χ1v) is 51.3. The molecule has 4 amide bonds. The second-order valence-corrected chi connectivity index (χ2v) is 46.1. The number of amides is 4. The molecule has 0 aliphatic heterocycles. The van der Waals surface area contributed by atoms with Gasteiger partial charge in [-0.25, -0.2) is 39.9 Å². The fourth-order valence-electron chi connectivity index (χ4n) is 31.8. The number of aromatic nitrogens is 8. The molecule has 1 unspecified atom stereocenters. The van der Waals surface area contributed by atoms with E-state index >= 15 is 0 Å². The maximum atomic E-state index is 13.2. The molecule has 21 aliphatic rings. The topological polar surface area (TPSA) is 220 Å². The van der Waals surface area contributed by atoms with Crippen LogP contribution in [0.1, 0.15) is 308 Å². The minimum absolute atomic E-state index is 0.0130. The Balaban J connectivity index is 0.000000101. The number of nitrogens with one attached hydrogen (secondary N) is 4. The zero-order valence-electron chi connectivity index (χ0n) is 77.2. The molecule has 21 aliphatic carbocycles. The predicted octanol–water partition coefficient (Wildman–Crippen LogP) is 23.8. The largest absolute Gasteiger partial charge is 0.309 e. The number of carbonyl (C=O) groups excluding carboxylic acids is 4. The van der Waals surface area contributed by atoms with Crippen molar-refractivity contribution >= 4 is 46.9 Å². The number of anilines is 4. The van der Waals surface area contributed by atoms with Crippen molar-refractivity contribution in [3.63, 3.8) is 0 Å². The van der Waals surface area contributed by atoms with Crippen molar-refractivity contribution in [2.24, 2.45) is 110 Å². The van der Waals surface area contributed by atoms with Gasteiger partial charge in [0.1, 0.15) is 0 Å². The van der Waals surface area contributed by atoms with E-state index in [-0.39, 0.29) is 29.5 Å². The van der Waals surface area contributed by atoms with Crippen molar-refractivity contribution in [1.82, 2.24) is 39.9 Å².